The van der Waals surface area contributed by atoms with E-state index in [1.165, 1.54) is 30.0 Å². The van der Waals surface area contributed by atoms with Crippen LogP contribution in [-0.2, 0) is 10.0 Å². The van der Waals surface area contributed by atoms with Gasteiger partial charge in [-0.1, -0.05) is 29.8 Å². The molecule has 0 heterocycles. The van der Waals surface area contributed by atoms with Crippen LogP contribution in [0.2, 0.25) is 0 Å². The number of aryl methyl sites for hydroxylation is 2. The normalized spacial score (nSPS) is 11.2. The van der Waals surface area contributed by atoms with Gasteiger partial charge in [0.05, 0.1) is 16.1 Å². The topological polar surface area (TPSA) is 66.5 Å². The fourth-order valence-corrected chi connectivity index (χ4v) is 3.98. The summed E-state index contributed by atoms with van der Waals surface area (Å²) in [5.74, 6) is -0.846. The molecule has 0 aromatic heterocycles. The number of benzene rings is 3. The fourth-order valence-electron chi connectivity index (χ4n) is 2.81. The third-order valence-electron chi connectivity index (χ3n) is 4.57. The molecule has 150 valence electrons. The van der Waals surface area contributed by atoms with Gasteiger partial charge in [-0.2, -0.15) is 0 Å². The summed E-state index contributed by atoms with van der Waals surface area (Å²) in [5.41, 5.74) is 2.33. The minimum Gasteiger partial charge on any atom is -0.311 e. The van der Waals surface area contributed by atoms with Crippen molar-refractivity contribution < 1.29 is 17.6 Å². The maximum Gasteiger partial charge on any atom is 0.261 e. The Bertz CT molecular complexity index is 1160. The highest BCUT2D eigenvalue weighted by atomic mass is 32.2. The highest BCUT2D eigenvalue weighted by Gasteiger charge is 2.21. The molecule has 0 atom stereocenters. The van der Waals surface area contributed by atoms with Gasteiger partial charge in [0.2, 0.25) is 0 Å². The number of nitrogens with zero attached hydrogens (tertiary/aromatic N) is 1. The van der Waals surface area contributed by atoms with Gasteiger partial charge < -0.3 is 4.90 Å². The first-order valence-electron chi connectivity index (χ1n) is 8.92. The highest BCUT2D eigenvalue weighted by molar-refractivity contribution is 7.92. The van der Waals surface area contributed by atoms with Gasteiger partial charge in [-0.15, -0.1) is 0 Å². The number of rotatable bonds is 5. The first-order chi connectivity index (χ1) is 13.7. The molecule has 0 fully saturated rings. The summed E-state index contributed by atoms with van der Waals surface area (Å²) in [6.45, 7) is 3.44. The second kappa shape index (κ2) is 8.05. The molecule has 1 amide bonds. The molecule has 0 aliphatic heterocycles. The van der Waals surface area contributed by atoms with Gasteiger partial charge >= 0.3 is 0 Å². The molecule has 3 aromatic rings. The number of hydrogen-bond donors (Lipinski definition) is 1. The van der Waals surface area contributed by atoms with Crippen LogP contribution in [0.5, 0.6) is 0 Å². The van der Waals surface area contributed by atoms with Crippen molar-refractivity contribution in [3.8, 4) is 0 Å². The third kappa shape index (κ3) is 4.46. The van der Waals surface area contributed by atoms with Gasteiger partial charge in [-0.3, -0.25) is 9.52 Å². The van der Waals surface area contributed by atoms with Crippen LogP contribution in [0.15, 0.2) is 71.6 Å². The van der Waals surface area contributed by atoms with Gasteiger partial charge in [-0.05, 0) is 61.9 Å². The molecule has 29 heavy (non-hydrogen) atoms. The van der Waals surface area contributed by atoms with Crippen LogP contribution in [0.3, 0.4) is 0 Å². The number of para-hydroxylation sites is 1. The van der Waals surface area contributed by atoms with E-state index in [-0.39, 0.29) is 27.6 Å². The van der Waals surface area contributed by atoms with E-state index in [4.69, 9.17) is 0 Å². The Balaban J connectivity index is 1.93. The van der Waals surface area contributed by atoms with E-state index in [0.717, 1.165) is 11.6 Å². The zero-order chi connectivity index (χ0) is 21.2. The van der Waals surface area contributed by atoms with Crippen molar-refractivity contribution >= 4 is 27.3 Å². The van der Waals surface area contributed by atoms with Crippen molar-refractivity contribution in [1.82, 2.24) is 0 Å². The molecule has 0 aliphatic carbocycles. The summed E-state index contributed by atoms with van der Waals surface area (Å²) < 4.78 is 41.5. The zero-order valence-corrected chi connectivity index (χ0v) is 17.1. The number of sulfonamides is 1. The second-order valence-corrected chi connectivity index (χ2v) is 8.44. The molecule has 0 bridgehead atoms. The molecular weight excluding hydrogens is 391 g/mol. The summed E-state index contributed by atoms with van der Waals surface area (Å²) in [5, 5.41) is 0. The van der Waals surface area contributed by atoms with Crippen molar-refractivity contribution in [2.45, 2.75) is 18.7 Å². The lowest BCUT2D eigenvalue weighted by molar-refractivity contribution is 0.0994. The Hall–Kier alpha value is -3.19. The Labute approximate surface area is 169 Å². The molecule has 3 rings (SSSR count). The third-order valence-corrected chi connectivity index (χ3v) is 5.93. The summed E-state index contributed by atoms with van der Waals surface area (Å²) in [4.78, 5) is 14.4. The lowest BCUT2D eigenvalue weighted by Crippen LogP contribution is -2.27. The second-order valence-electron chi connectivity index (χ2n) is 6.76. The van der Waals surface area contributed by atoms with E-state index in [1.807, 2.05) is 31.2 Å². The van der Waals surface area contributed by atoms with E-state index in [0.29, 0.717) is 5.69 Å². The molecule has 7 heteroatoms. The summed E-state index contributed by atoms with van der Waals surface area (Å²) in [7, 11) is -2.37. The average Bonchev–Trinajstić information content (AvgIpc) is 2.69. The van der Waals surface area contributed by atoms with Crippen molar-refractivity contribution in [2.75, 3.05) is 16.7 Å². The van der Waals surface area contributed by atoms with Gasteiger partial charge in [0, 0.05) is 12.7 Å². The Kier molecular flexibility index (Phi) is 5.70. The summed E-state index contributed by atoms with van der Waals surface area (Å²) >= 11 is 0. The van der Waals surface area contributed by atoms with E-state index in [9.17, 15) is 17.6 Å². The average molecular weight is 412 g/mol. The number of carbonyl (C=O) groups is 1. The van der Waals surface area contributed by atoms with Crippen LogP contribution in [0.25, 0.3) is 0 Å². The van der Waals surface area contributed by atoms with E-state index < -0.39 is 15.8 Å². The van der Waals surface area contributed by atoms with Crippen LogP contribution in [0.1, 0.15) is 21.5 Å². The van der Waals surface area contributed by atoms with E-state index in [1.54, 1.807) is 25.2 Å². The molecule has 0 radical (unpaired) electrons. The Morgan fingerprint density at radius 1 is 0.966 bits per heavy atom. The summed E-state index contributed by atoms with van der Waals surface area (Å²) in [6.07, 6.45) is 0. The van der Waals surface area contributed by atoms with E-state index in [2.05, 4.69) is 4.72 Å². The first-order valence-corrected chi connectivity index (χ1v) is 10.4. The first kappa shape index (κ1) is 20.5. The lowest BCUT2D eigenvalue weighted by Gasteiger charge is -2.20. The monoisotopic (exact) mass is 412 g/mol. The van der Waals surface area contributed by atoms with Crippen LogP contribution < -0.4 is 9.62 Å². The summed E-state index contributed by atoms with van der Waals surface area (Å²) in [6, 6.07) is 17.3. The Morgan fingerprint density at radius 2 is 1.62 bits per heavy atom. The van der Waals surface area contributed by atoms with E-state index >= 15 is 0 Å². The zero-order valence-electron chi connectivity index (χ0n) is 16.3. The maximum atomic E-state index is 13.5. The minimum atomic E-state index is -3.99. The molecule has 0 saturated heterocycles. The number of carbonyl (C=O) groups excluding carboxylic acids is 1. The predicted molar refractivity (Wildman–Crippen MR) is 112 cm³/mol. The quantitative estimate of drug-likeness (QED) is 0.670. The molecule has 1 N–H and O–H groups in total. The largest absolute Gasteiger partial charge is 0.311 e. The van der Waals surface area contributed by atoms with Gasteiger partial charge in [0.1, 0.15) is 5.82 Å². The number of hydrogen-bond acceptors (Lipinski definition) is 3. The van der Waals surface area contributed by atoms with Crippen molar-refractivity contribution in [2.24, 2.45) is 0 Å². The van der Waals surface area contributed by atoms with Crippen molar-refractivity contribution in [3.63, 3.8) is 0 Å². The number of anilines is 2. The molecular formula is C22H21FN2O3S. The SMILES string of the molecule is Cc1ccc(N(C)C(=O)c2ccccc2NS(=O)(=O)c2ccc(F)c(C)c2)cc1. The fraction of sp³-hybridized carbons (Fsp3) is 0.136. The van der Waals surface area contributed by atoms with Crippen LogP contribution >= 0.6 is 0 Å². The minimum absolute atomic E-state index is 0.0782. The van der Waals surface area contributed by atoms with Crippen molar-refractivity contribution in [1.29, 1.82) is 0 Å². The molecule has 5 nitrogen and oxygen atoms in total. The van der Waals surface area contributed by atoms with Gasteiger partial charge in [0.15, 0.2) is 0 Å². The number of amides is 1. The lowest BCUT2D eigenvalue weighted by atomic mass is 10.1. The predicted octanol–water partition coefficient (Wildman–Crippen LogP) is 4.52. The molecule has 0 spiro atoms. The van der Waals surface area contributed by atoms with Crippen LogP contribution in [-0.4, -0.2) is 21.4 Å². The van der Waals surface area contributed by atoms with Crippen molar-refractivity contribution in [3.05, 3.63) is 89.2 Å². The van der Waals surface area contributed by atoms with Gasteiger partial charge in [0.25, 0.3) is 15.9 Å². The molecule has 0 saturated carbocycles. The number of halogens is 1. The number of nitrogens with one attached hydrogen (secondary N) is 1. The molecule has 0 unspecified atom stereocenters. The van der Waals surface area contributed by atoms with Crippen LogP contribution in [0.4, 0.5) is 15.8 Å². The molecule has 3 aromatic carbocycles. The van der Waals surface area contributed by atoms with Crippen LogP contribution in [0, 0.1) is 19.7 Å². The smallest absolute Gasteiger partial charge is 0.261 e. The maximum absolute atomic E-state index is 13.5. The standard InChI is InChI=1S/C22H21FN2O3S/c1-15-8-10-17(11-9-15)25(3)22(26)19-6-4-5-7-21(19)24-29(27,28)18-12-13-20(23)16(2)14-18/h4-14,24H,1-3H3. The highest BCUT2D eigenvalue weighted by Crippen LogP contribution is 2.24. The molecule has 0 aliphatic rings. The Morgan fingerprint density at radius 3 is 2.28 bits per heavy atom. The van der Waals surface area contributed by atoms with Gasteiger partial charge in [-0.25, -0.2) is 12.8 Å².